The number of benzene rings is 1. The predicted octanol–water partition coefficient (Wildman–Crippen LogP) is 2.68. The smallest absolute Gasteiger partial charge is 0.256 e. The second-order valence-corrected chi connectivity index (χ2v) is 7.93. The second kappa shape index (κ2) is 9.76. The Balaban J connectivity index is 1.70. The zero-order chi connectivity index (χ0) is 20.8. The lowest BCUT2D eigenvalue weighted by Crippen LogP contribution is -2.47. The number of aldehydes is 1. The van der Waals surface area contributed by atoms with Crippen LogP contribution in [-0.2, 0) is 0 Å². The van der Waals surface area contributed by atoms with Crippen molar-refractivity contribution in [3.8, 4) is 11.5 Å². The summed E-state index contributed by atoms with van der Waals surface area (Å²) < 4.78 is 5.72. The molecule has 7 nitrogen and oxygen atoms in total. The van der Waals surface area contributed by atoms with E-state index in [1.54, 1.807) is 49.1 Å². The summed E-state index contributed by atoms with van der Waals surface area (Å²) in [5, 5.41) is 19.7. The van der Waals surface area contributed by atoms with E-state index in [9.17, 15) is 19.8 Å². The van der Waals surface area contributed by atoms with E-state index in [2.05, 4.69) is 4.98 Å². The van der Waals surface area contributed by atoms with Crippen molar-refractivity contribution in [2.45, 2.75) is 25.5 Å². The molecule has 29 heavy (non-hydrogen) atoms. The molecule has 154 valence electrons. The number of amides is 1. The Bertz CT molecular complexity index is 874. The number of hydrogen-bond donors (Lipinski definition) is 2. The molecule has 2 aromatic rings. The van der Waals surface area contributed by atoms with Crippen LogP contribution in [0.5, 0.6) is 11.5 Å². The number of aliphatic hydroxyl groups excluding tert-OH is 1. The molecule has 0 aliphatic carbocycles. The first kappa shape index (κ1) is 21.1. The van der Waals surface area contributed by atoms with Crippen molar-refractivity contribution in [1.82, 2.24) is 9.88 Å². The number of carbonyl (C=O) groups excluding carboxylic acids is 2. The van der Waals surface area contributed by atoms with Gasteiger partial charge >= 0.3 is 0 Å². The molecule has 2 atom stereocenters. The summed E-state index contributed by atoms with van der Waals surface area (Å²) in [5.41, 5.74) is 0.910. The van der Waals surface area contributed by atoms with Gasteiger partial charge in [0, 0.05) is 36.7 Å². The average Bonchev–Trinajstić information content (AvgIpc) is 2.73. The van der Waals surface area contributed by atoms with Crippen LogP contribution in [0, 0.1) is 0 Å². The number of aromatic nitrogens is 1. The van der Waals surface area contributed by atoms with Gasteiger partial charge < -0.3 is 19.8 Å². The Morgan fingerprint density at radius 2 is 2.24 bits per heavy atom. The molecule has 1 amide bonds. The molecule has 1 aliphatic rings. The van der Waals surface area contributed by atoms with Crippen molar-refractivity contribution >= 4 is 24.0 Å². The van der Waals surface area contributed by atoms with Crippen molar-refractivity contribution in [2.75, 3.05) is 24.7 Å². The maximum absolute atomic E-state index is 13.2. The van der Waals surface area contributed by atoms with Gasteiger partial charge in [-0.25, -0.2) is 0 Å². The molecule has 1 aliphatic heterocycles. The molecule has 1 fully saturated rings. The molecule has 1 aromatic carbocycles. The van der Waals surface area contributed by atoms with Crippen LogP contribution in [0.1, 0.15) is 45.9 Å². The fraction of sp³-hybridized carbons (Fsp3) is 0.381. The Morgan fingerprint density at radius 3 is 3.00 bits per heavy atom. The van der Waals surface area contributed by atoms with Gasteiger partial charge in [-0.2, -0.15) is 11.8 Å². The minimum Gasteiger partial charge on any atom is -0.507 e. The van der Waals surface area contributed by atoms with Gasteiger partial charge in [-0.1, -0.05) is 6.07 Å². The largest absolute Gasteiger partial charge is 0.507 e. The summed E-state index contributed by atoms with van der Waals surface area (Å²) in [6.45, 7) is 2.50. The first-order valence-electron chi connectivity index (χ1n) is 9.44. The highest BCUT2D eigenvalue weighted by molar-refractivity contribution is 7.99. The Morgan fingerprint density at radius 1 is 1.41 bits per heavy atom. The van der Waals surface area contributed by atoms with E-state index in [-0.39, 0.29) is 23.3 Å². The molecule has 0 saturated carbocycles. The van der Waals surface area contributed by atoms with Crippen LogP contribution in [-0.4, -0.2) is 63.0 Å². The lowest BCUT2D eigenvalue weighted by Gasteiger charge is -2.36. The van der Waals surface area contributed by atoms with Gasteiger partial charge in [0.25, 0.3) is 5.91 Å². The van der Waals surface area contributed by atoms with E-state index >= 15 is 0 Å². The van der Waals surface area contributed by atoms with Crippen LogP contribution in [0.15, 0.2) is 36.5 Å². The third-order valence-electron chi connectivity index (χ3n) is 4.82. The second-order valence-electron chi connectivity index (χ2n) is 6.78. The van der Waals surface area contributed by atoms with Gasteiger partial charge in [0.2, 0.25) is 0 Å². The molecular weight excluding hydrogens is 392 g/mol. The van der Waals surface area contributed by atoms with Crippen LogP contribution in [0.25, 0.3) is 0 Å². The van der Waals surface area contributed by atoms with Crippen LogP contribution in [0.3, 0.4) is 0 Å². The number of ether oxygens (including phenoxy) is 1. The summed E-state index contributed by atoms with van der Waals surface area (Å²) in [7, 11) is 0. The molecule has 1 saturated heterocycles. The van der Waals surface area contributed by atoms with E-state index in [1.165, 1.54) is 6.07 Å². The highest BCUT2D eigenvalue weighted by Crippen LogP contribution is 2.27. The Labute approximate surface area is 173 Å². The monoisotopic (exact) mass is 416 g/mol. The van der Waals surface area contributed by atoms with E-state index in [1.807, 2.05) is 4.90 Å². The molecule has 2 heterocycles. The topological polar surface area (TPSA) is 100.0 Å². The summed E-state index contributed by atoms with van der Waals surface area (Å²) in [4.78, 5) is 30.3. The average molecular weight is 416 g/mol. The summed E-state index contributed by atoms with van der Waals surface area (Å²) in [6.07, 6.45) is 1.88. The number of hydrogen-bond acceptors (Lipinski definition) is 7. The number of rotatable bonds is 7. The molecule has 0 bridgehead atoms. The van der Waals surface area contributed by atoms with Crippen molar-refractivity contribution in [1.29, 1.82) is 0 Å². The van der Waals surface area contributed by atoms with Gasteiger partial charge in [-0.15, -0.1) is 0 Å². The molecular formula is C21H24N2O5S. The number of nitrogens with zero attached hydrogens (tertiary/aromatic N) is 2. The van der Waals surface area contributed by atoms with E-state index in [0.717, 1.165) is 11.5 Å². The quantitative estimate of drug-likeness (QED) is 0.670. The number of pyridine rings is 1. The van der Waals surface area contributed by atoms with E-state index < -0.39 is 6.10 Å². The molecule has 2 N–H and O–H groups in total. The van der Waals surface area contributed by atoms with Crippen molar-refractivity contribution < 1.29 is 24.5 Å². The van der Waals surface area contributed by atoms with Gasteiger partial charge in [-0.3, -0.25) is 14.6 Å². The third kappa shape index (κ3) is 4.89. The van der Waals surface area contributed by atoms with Gasteiger partial charge in [-0.05, 0) is 31.2 Å². The highest BCUT2D eigenvalue weighted by atomic mass is 32.2. The van der Waals surface area contributed by atoms with Crippen molar-refractivity contribution in [3.63, 3.8) is 0 Å². The van der Waals surface area contributed by atoms with Crippen LogP contribution >= 0.6 is 11.8 Å². The third-order valence-corrected chi connectivity index (χ3v) is 5.91. The SMILES string of the molecule is CC(O)c1ncccc1C(=O)N1CCSC[C@H]1CCOc1cccc(O)c1C=O. The first-order chi connectivity index (χ1) is 14.0. The maximum atomic E-state index is 13.2. The summed E-state index contributed by atoms with van der Waals surface area (Å²) in [5.74, 6) is 1.68. The number of thioether (sulfide) groups is 1. The first-order valence-corrected chi connectivity index (χ1v) is 10.6. The summed E-state index contributed by atoms with van der Waals surface area (Å²) >= 11 is 1.78. The molecule has 3 rings (SSSR count). The lowest BCUT2D eigenvalue weighted by atomic mass is 10.1. The van der Waals surface area contributed by atoms with Crippen LogP contribution < -0.4 is 4.74 Å². The molecule has 0 radical (unpaired) electrons. The number of phenolic OH excluding ortho intramolecular Hbond substituents is 1. The number of phenols is 1. The van der Waals surface area contributed by atoms with Crippen molar-refractivity contribution in [2.24, 2.45) is 0 Å². The van der Waals surface area contributed by atoms with Gasteiger partial charge in [0.1, 0.15) is 11.5 Å². The Kier molecular flexibility index (Phi) is 7.11. The summed E-state index contributed by atoms with van der Waals surface area (Å²) in [6, 6.07) is 8.02. The molecule has 0 spiro atoms. The minimum atomic E-state index is -0.830. The lowest BCUT2D eigenvalue weighted by molar-refractivity contribution is 0.0674. The fourth-order valence-corrected chi connectivity index (χ4v) is 4.44. The van der Waals surface area contributed by atoms with E-state index in [4.69, 9.17) is 4.74 Å². The number of aromatic hydroxyl groups is 1. The standard InChI is InChI=1S/C21H24N2O5S/c1-14(25)20-16(4-3-8-22-20)21(27)23-9-11-29-13-15(23)7-10-28-19-6-2-5-18(26)17(19)12-24/h2-6,8,12,14-15,25-26H,7,9-11,13H2,1H3/t14?,15-/m1/s1. The highest BCUT2D eigenvalue weighted by Gasteiger charge is 2.30. The van der Waals surface area contributed by atoms with Gasteiger partial charge in [0.15, 0.2) is 6.29 Å². The van der Waals surface area contributed by atoms with Crippen LogP contribution in [0.2, 0.25) is 0 Å². The van der Waals surface area contributed by atoms with Crippen molar-refractivity contribution in [3.05, 3.63) is 53.3 Å². The Hall–Kier alpha value is -2.58. The molecule has 1 aromatic heterocycles. The number of aliphatic hydroxyl groups is 1. The fourth-order valence-electron chi connectivity index (χ4n) is 3.33. The zero-order valence-corrected chi connectivity index (χ0v) is 17.0. The van der Waals surface area contributed by atoms with Gasteiger partial charge in [0.05, 0.1) is 29.5 Å². The predicted molar refractivity (Wildman–Crippen MR) is 111 cm³/mol. The molecule has 8 heteroatoms. The maximum Gasteiger partial charge on any atom is 0.256 e. The molecule has 1 unspecified atom stereocenters. The zero-order valence-electron chi connectivity index (χ0n) is 16.2. The van der Waals surface area contributed by atoms with E-state index in [0.29, 0.717) is 42.9 Å². The normalized spacial score (nSPS) is 17.6. The number of carbonyl (C=O) groups is 2. The minimum absolute atomic E-state index is 0.0414. The van der Waals surface area contributed by atoms with Crippen LogP contribution in [0.4, 0.5) is 0 Å².